The van der Waals surface area contributed by atoms with E-state index in [2.05, 4.69) is 4.98 Å². The number of hydrogen-bond donors (Lipinski definition) is 0. The number of aryl methyl sites for hydroxylation is 1. The van der Waals surface area contributed by atoms with Gasteiger partial charge in [-0.15, -0.1) is 11.6 Å². The van der Waals surface area contributed by atoms with Crippen molar-refractivity contribution in [2.45, 2.75) is 19.4 Å². The first-order valence-corrected chi connectivity index (χ1v) is 5.93. The van der Waals surface area contributed by atoms with E-state index in [9.17, 15) is 10.1 Å². The Bertz CT molecular complexity index is 538. The Balaban J connectivity index is 2.41. The van der Waals surface area contributed by atoms with Gasteiger partial charge >= 0.3 is 5.95 Å². The monoisotopic (exact) mass is 253 g/mol. The molecule has 0 atom stereocenters. The Hall–Kier alpha value is -1.62. The summed E-state index contributed by atoms with van der Waals surface area (Å²) in [5.74, 6) is 0.473. The lowest BCUT2D eigenvalue weighted by Gasteiger charge is -2.01. The van der Waals surface area contributed by atoms with Gasteiger partial charge in [0.05, 0.1) is 6.54 Å². The number of imidazole rings is 1. The molecule has 90 valence electrons. The molecule has 0 fully saturated rings. The van der Waals surface area contributed by atoms with Crippen molar-refractivity contribution >= 4 is 28.6 Å². The lowest BCUT2D eigenvalue weighted by Crippen LogP contribution is -2.04. The number of hydrogen-bond acceptors (Lipinski definition) is 3. The van der Waals surface area contributed by atoms with E-state index in [-0.39, 0.29) is 5.95 Å². The van der Waals surface area contributed by atoms with Crippen LogP contribution in [0.2, 0.25) is 0 Å². The number of aromatic nitrogens is 2. The largest absolute Gasteiger partial charge is 0.435 e. The van der Waals surface area contributed by atoms with Crippen LogP contribution in [0.25, 0.3) is 11.0 Å². The Morgan fingerprint density at radius 3 is 2.82 bits per heavy atom. The second-order valence-corrected chi connectivity index (χ2v) is 4.08. The standard InChI is InChI=1S/C11H12ClN3O2/c12-7-3-4-8-14-10-6-2-1-5-9(10)13-11(14)15(16)17/h1-2,5-6H,3-4,7-8H2. The SMILES string of the molecule is O=[N+]([O-])c1nc2ccccc2n1CCCCCl. The number of fused-ring (bicyclic) bond motifs is 1. The first-order valence-electron chi connectivity index (χ1n) is 5.39. The molecule has 0 amide bonds. The van der Waals surface area contributed by atoms with Gasteiger partial charge in [0, 0.05) is 5.88 Å². The van der Waals surface area contributed by atoms with Gasteiger partial charge in [-0.2, -0.15) is 0 Å². The van der Waals surface area contributed by atoms with Gasteiger partial charge in [0.25, 0.3) is 0 Å². The molecule has 0 radical (unpaired) electrons. The molecule has 2 rings (SSSR count). The van der Waals surface area contributed by atoms with E-state index < -0.39 is 4.92 Å². The molecular weight excluding hydrogens is 242 g/mol. The number of nitrogens with zero attached hydrogens (tertiary/aromatic N) is 3. The molecule has 0 saturated heterocycles. The maximum atomic E-state index is 10.9. The van der Waals surface area contributed by atoms with Crippen LogP contribution >= 0.6 is 11.6 Å². The third-order valence-corrected chi connectivity index (χ3v) is 2.83. The van der Waals surface area contributed by atoms with Gasteiger partial charge in [-0.3, -0.25) is 0 Å². The smallest absolute Gasteiger partial charge is 0.390 e. The number of nitro groups is 1. The van der Waals surface area contributed by atoms with Gasteiger partial charge in [0.2, 0.25) is 0 Å². The fourth-order valence-electron chi connectivity index (χ4n) is 1.79. The Morgan fingerprint density at radius 2 is 2.12 bits per heavy atom. The van der Waals surface area contributed by atoms with Gasteiger partial charge in [0.1, 0.15) is 5.52 Å². The summed E-state index contributed by atoms with van der Waals surface area (Å²) in [5.41, 5.74) is 1.46. The summed E-state index contributed by atoms with van der Waals surface area (Å²) < 4.78 is 1.64. The molecule has 17 heavy (non-hydrogen) atoms. The topological polar surface area (TPSA) is 61.0 Å². The van der Waals surface area contributed by atoms with E-state index in [1.807, 2.05) is 18.2 Å². The van der Waals surface area contributed by atoms with Gasteiger partial charge in [0.15, 0.2) is 5.52 Å². The number of unbranched alkanes of at least 4 members (excludes halogenated alkanes) is 1. The van der Waals surface area contributed by atoms with Crippen LogP contribution in [0.3, 0.4) is 0 Å². The molecule has 6 heteroatoms. The Morgan fingerprint density at radius 1 is 1.35 bits per heavy atom. The second kappa shape index (κ2) is 5.14. The molecule has 1 heterocycles. The first-order chi connectivity index (χ1) is 8.24. The summed E-state index contributed by atoms with van der Waals surface area (Å²) in [6.07, 6.45) is 1.65. The third-order valence-electron chi connectivity index (χ3n) is 2.56. The zero-order valence-electron chi connectivity index (χ0n) is 9.17. The zero-order valence-corrected chi connectivity index (χ0v) is 9.93. The molecule has 0 unspecified atom stereocenters. The van der Waals surface area contributed by atoms with E-state index in [0.717, 1.165) is 18.4 Å². The molecule has 5 nitrogen and oxygen atoms in total. The van der Waals surface area contributed by atoms with Gasteiger partial charge < -0.3 is 10.1 Å². The van der Waals surface area contributed by atoms with E-state index >= 15 is 0 Å². The highest BCUT2D eigenvalue weighted by Crippen LogP contribution is 2.21. The molecule has 0 N–H and O–H groups in total. The fraction of sp³-hybridized carbons (Fsp3) is 0.364. The van der Waals surface area contributed by atoms with Crippen LogP contribution in [-0.2, 0) is 6.54 Å². The predicted molar refractivity (Wildman–Crippen MR) is 66.3 cm³/mol. The minimum atomic E-state index is -0.444. The van der Waals surface area contributed by atoms with Crippen molar-refractivity contribution in [2.24, 2.45) is 0 Å². The third kappa shape index (κ3) is 2.39. The molecule has 0 aliphatic heterocycles. The van der Waals surface area contributed by atoms with Crippen LogP contribution in [0, 0.1) is 10.1 Å². The Labute approximate surface area is 103 Å². The van der Waals surface area contributed by atoms with Crippen LogP contribution in [0.15, 0.2) is 24.3 Å². The van der Waals surface area contributed by atoms with Crippen molar-refractivity contribution in [2.75, 3.05) is 5.88 Å². The molecule has 0 bridgehead atoms. The van der Waals surface area contributed by atoms with Crippen molar-refractivity contribution in [3.05, 3.63) is 34.4 Å². The van der Waals surface area contributed by atoms with E-state index in [1.54, 1.807) is 10.6 Å². The molecule has 0 aliphatic carbocycles. The van der Waals surface area contributed by atoms with E-state index in [4.69, 9.17) is 11.6 Å². The molecule has 0 saturated carbocycles. The zero-order chi connectivity index (χ0) is 12.3. The quantitative estimate of drug-likeness (QED) is 0.356. The summed E-state index contributed by atoms with van der Waals surface area (Å²) in [5, 5.41) is 10.9. The first kappa shape index (κ1) is 11.9. The van der Waals surface area contributed by atoms with Crippen molar-refractivity contribution in [3.8, 4) is 0 Å². The van der Waals surface area contributed by atoms with Crippen molar-refractivity contribution in [1.82, 2.24) is 9.55 Å². The average molecular weight is 254 g/mol. The second-order valence-electron chi connectivity index (χ2n) is 3.71. The van der Waals surface area contributed by atoms with Crippen molar-refractivity contribution in [3.63, 3.8) is 0 Å². The number of alkyl halides is 1. The molecule has 0 aliphatic rings. The van der Waals surface area contributed by atoms with Crippen molar-refractivity contribution < 1.29 is 4.92 Å². The molecule has 1 aromatic carbocycles. The maximum absolute atomic E-state index is 10.9. The summed E-state index contributed by atoms with van der Waals surface area (Å²) in [6.45, 7) is 0.573. The summed E-state index contributed by atoms with van der Waals surface area (Å²) in [4.78, 5) is 14.5. The molecular formula is C11H12ClN3O2. The minimum Gasteiger partial charge on any atom is -0.390 e. The highest BCUT2D eigenvalue weighted by molar-refractivity contribution is 6.17. The lowest BCUT2D eigenvalue weighted by atomic mass is 10.3. The van der Waals surface area contributed by atoms with Crippen LogP contribution in [0.5, 0.6) is 0 Å². The number of halogens is 1. The Kier molecular flexibility index (Phi) is 3.58. The normalized spacial score (nSPS) is 10.9. The number of para-hydroxylation sites is 2. The van der Waals surface area contributed by atoms with Gasteiger partial charge in [-0.05, 0) is 29.9 Å². The van der Waals surface area contributed by atoms with Gasteiger partial charge in [-0.1, -0.05) is 17.1 Å². The molecule has 2 aromatic rings. The lowest BCUT2D eigenvalue weighted by molar-refractivity contribution is -0.396. The minimum absolute atomic E-state index is 0.0965. The number of rotatable bonds is 5. The highest BCUT2D eigenvalue weighted by Gasteiger charge is 2.20. The summed E-state index contributed by atoms with van der Waals surface area (Å²) in [7, 11) is 0. The summed E-state index contributed by atoms with van der Waals surface area (Å²) >= 11 is 5.60. The van der Waals surface area contributed by atoms with Gasteiger partial charge in [-0.25, -0.2) is 4.57 Å². The van der Waals surface area contributed by atoms with Crippen molar-refractivity contribution in [1.29, 1.82) is 0 Å². The summed E-state index contributed by atoms with van der Waals surface area (Å²) in [6, 6.07) is 7.30. The number of benzene rings is 1. The molecule has 0 spiro atoms. The maximum Gasteiger partial charge on any atom is 0.435 e. The fourth-order valence-corrected chi connectivity index (χ4v) is 1.98. The van der Waals surface area contributed by atoms with Crippen LogP contribution in [-0.4, -0.2) is 20.4 Å². The van der Waals surface area contributed by atoms with Crippen LogP contribution in [0.4, 0.5) is 5.95 Å². The van der Waals surface area contributed by atoms with E-state index in [1.165, 1.54) is 0 Å². The average Bonchev–Trinajstić information content (AvgIpc) is 2.69. The highest BCUT2D eigenvalue weighted by atomic mass is 35.5. The van der Waals surface area contributed by atoms with Crippen LogP contribution in [0.1, 0.15) is 12.8 Å². The molecule has 1 aromatic heterocycles. The van der Waals surface area contributed by atoms with Crippen LogP contribution < -0.4 is 0 Å². The van der Waals surface area contributed by atoms with E-state index in [0.29, 0.717) is 17.9 Å². The predicted octanol–water partition coefficient (Wildman–Crippen LogP) is 2.96.